The minimum atomic E-state index is -0.340. The molecule has 2 amide bonds. The normalized spacial score (nSPS) is 11.4. The Hall–Kier alpha value is -3.16. The van der Waals surface area contributed by atoms with Gasteiger partial charge in [0.2, 0.25) is 11.8 Å². The SMILES string of the molecule is COc1cc(NC(=O)C(C)Sc2ccc(NC(=O)Cc3ccc(Cl)cc3)cc2)cc(OC)c1. The molecule has 3 aromatic carbocycles. The van der Waals surface area contributed by atoms with Gasteiger partial charge in [0, 0.05) is 39.5 Å². The van der Waals surface area contributed by atoms with Crippen LogP contribution in [0.15, 0.2) is 71.6 Å². The number of amides is 2. The molecule has 0 radical (unpaired) electrons. The van der Waals surface area contributed by atoms with Crippen molar-refractivity contribution in [1.29, 1.82) is 0 Å². The highest BCUT2D eigenvalue weighted by molar-refractivity contribution is 8.00. The Kier molecular flexibility index (Phi) is 8.63. The molecule has 0 saturated heterocycles. The van der Waals surface area contributed by atoms with E-state index in [1.54, 1.807) is 44.6 Å². The van der Waals surface area contributed by atoms with Crippen LogP contribution < -0.4 is 20.1 Å². The van der Waals surface area contributed by atoms with E-state index in [9.17, 15) is 9.59 Å². The first-order valence-corrected chi connectivity index (χ1v) is 11.5. The highest BCUT2D eigenvalue weighted by Gasteiger charge is 2.16. The summed E-state index contributed by atoms with van der Waals surface area (Å²) in [5, 5.41) is 6.07. The molecule has 0 aliphatic carbocycles. The minimum Gasteiger partial charge on any atom is -0.497 e. The van der Waals surface area contributed by atoms with Crippen LogP contribution in [0.1, 0.15) is 12.5 Å². The van der Waals surface area contributed by atoms with Crippen molar-refractivity contribution < 1.29 is 19.1 Å². The van der Waals surface area contributed by atoms with Crippen LogP contribution in [-0.4, -0.2) is 31.3 Å². The van der Waals surface area contributed by atoms with E-state index in [1.807, 2.05) is 43.3 Å². The first-order chi connectivity index (χ1) is 15.9. The fourth-order valence-electron chi connectivity index (χ4n) is 2.99. The smallest absolute Gasteiger partial charge is 0.237 e. The zero-order valence-corrected chi connectivity index (χ0v) is 20.1. The summed E-state index contributed by atoms with van der Waals surface area (Å²) in [4.78, 5) is 25.8. The lowest BCUT2D eigenvalue weighted by atomic mass is 10.1. The number of hydrogen-bond acceptors (Lipinski definition) is 5. The van der Waals surface area contributed by atoms with Crippen molar-refractivity contribution in [3.8, 4) is 11.5 Å². The van der Waals surface area contributed by atoms with Crippen LogP contribution in [0.2, 0.25) is 5.02 Å². The highest BCUT2D eigenvalue weighted by Crippen LogP contribution is 2.28. The Morgan fingerprint density at radius 1 is 0.879 bits per heavy atom. The van der Waals surface area contributed by atoms with Crippen molar-refractivity contribution in [3.63, 3.8) is 0 Å². The molecule has 8 heteroatoms. The van der Waals surface area contributed by atoms with Gasteiger partial charge in [-0.1, -0.05) is 23.7 Å². The Morgan fingerprint density at radius 2 is 1.48 bits per heavy atom. The number of anilines is 2. The van der Waals surface area contributed by atoms with Crippen LogP contribution in [0, 0.1) is 0 Å². The predicted octanol–water partition coefficient (Wildman–Crippen LogP) is 5.66. The maximum absolute atomic E-state index is 12.6. The molecule has 0 spiro atoms. The standard InChI is InChI=1S/C25H25ClN2O4S/c1-16(25(30)28-20-13-21(31-2)15-22(14-20)32-3)33-23-10-8-19(9-11-23)27-24(29)12-17-4-6-18(26)7-5-17/h4-11,13-16H,12H2,1-3H3,(H,27,29)(H,28,30). The molecule has 3 rings (SSSR count). The summed E-state index contributed by atoms with van der Waals surface area (Å²) in [6, 6.07) is 19.8. The number of thioether (sulfide) groups is 1. The molecule has 0 aliphatic rings. The second-order valence-electron chi connectivity index (χ2n) is 7.23. The van der Waals surface area contributed by atoms with Gasteiger partial charge in [-0.15, -0.1) is 11.8 Å². The van der Waals surface area contributed by atoms with Gasteiger partial charge in [-0.25, -0.2) is 0 Å². The third-order valence-electron chi connectivity index (χ3n) is 4.72. The number of carbonyl (C=O) groups excluding carboxylic acids is 2. The number of methoxy groups -OCH3 is 2. The number of nitrogens with one attached hydrogen (secondary N) is 2. The van der Waals surface area contributed by atoms with Crippen molar-refractivity contribution in [3.05, 3.63) is 77.3 Å². The Labute approximate surface area is 202 Å². The van der Waals surface area contributed by atoms with Crippen molar-refractivity contribution in [2.24, 2.45) is 0 Å². The fourth-order valence-corrected chi connectivity index (χ4v) is 3.98. The van der Waals surface area contributed by atoms with E-state index in [0.717, 1.165) is 10.5 Å². The van der Waals surface area contributed by atoms with Gasteiger partial charge in [-0.05, 0) is 48.9 Å². The van der Waals surface area contributed by atoms with E-state index in [0.29, 0.717) is 27.9 Å². The molecule has 1 unspecified atom stereocenters. The van der Waals surface area contributed by atoms with Crippen molar-refractivity contribution >= 4 is 46.6 Å². The third-order valence-corrected chi connectivity index (χ3v) is 6.08. The Balaban J connectivity index is 1.54. The summed E-state index contributed by atoms with van der Waals surface area (Å²) in [6.45, 7) is 1.83. The maximum Gasteiger partial charge on any atom is 0.237 e. The lowest BCUT2D eigenvalue weighted by Crippen LogP contribution is -2.22. The van der Waals surface area contributed by atoms with E-state index in [2.05, 4.69) is 10.6 Å². The number of halogens is 1. The zero-order valence-electron chi connectivity index (χ0n) is 18.6. The molecule has 0 fully saturated rings. The van der Waals surface area contributed by atoms with Crippen molar-refractivity contribution in [2.45, 2.75) is 23.5 Å². The molecule has 0 bridgehead atoms. The topological polar surface area (TPSA) is 76.7 Å². The molecule has 0 heterocycles. The van der Waals surface area contributed by atoms with Gasteiger partial charge in [0.1, 0.15) is 11.5 Å². The largest absolute Gasteiger partial charge is 0.497 e. The molecule has 0 aromatic heterocycles. The summed E-state index contributed by atoms with van der Waals surface area (Å²) in [5.74, 6) is 0.937. The highest BCUT2D eigenvalue weighted by atomic mass is 35.5. The van der Waals surface area contributed by atoms with Crippen LogP contribution in [0.5, 0.6) is 11.5 Å². The molecule has 172 valence electrons. The van der Waals surface area contributed by atoms with Gasteiger partial charge < -0.3 is 20.1 Å². The van der Waals surface area contributed by atoms with Gasteiger partial charge in [0.25, 0.3) is 0 Å². The average molecular weight is 485 g/mol. The molecule has 3 aromatic rings. The first kappa shape index (κ1) is 24.5. The molecule has 2 N–H and O–H groups in total. The molecule has 1 atom stereocenters. The van der Waals surface area contributed by atoms with E-state index < -0.39 is 0 Å². The van der Waals surface area contributed by atoms with Crippen molar-refractivity contribution in [2.75, 3.05) is 24.9 Å². The van der Waals surface area contributed by atoms with Gasteiger partial charge in [-0.3, -0.25) is 9.59 Å². The molecule has 33 heavy (non-hydrogen) atoms. The zero-order chi connectivity index (χ0) is 23.8. The summed E-state index contributed by atoms with van der Waals surface area (Å²) in [6.07, 6.45) is 0.264. The fraction of sp³-hybridized carbons (Fsp3) is 0.200. The Bertz CT molecular complexity index is 1080. The molecular weight excluding hydrogens is 460 g/mol. The summed E-state index contributed by atoms with van der Waals surface area (Å²) in [7, 11) is 3.12. The molecular formula is C25H25ClN2O4S. The number of ether oxygens (including phenoxy) is 2. The van der Waals surface area contributed by atoms with Crippen molar-refractivity contribution in [1.82, 2.24) is 0 Å². The van der Waals surface area contributed by atoms with Crippen LogP contribution in [0.4, 0.5) is 11.4 Å². The van der Waals surface area contributed by atoms with Gasteiger partial charge in [0.15, 0.2) is 0 Å². The van der Waals surface area contributed by atoms with E-state index in [-0.39, 0.29) is 23.5 Å². The molecule has 6 nitrogen and oxygen atoms in total. The first-order valence-electron chi connectivity index (χ1n) is 10.2. The second-order valence-corrected chi connectivity index (χ2v) is 9.08. The lowest BCUT2D eigenvalue weighted by Gasteiger charge is -2.14. The number of carbonyl (C=O) groups is 2. The van der Waals surface area contributed by atoms with Crippen LogP contribution in [0.3, 0.4) is 0 Å². The number of rotatable bonds is 9. The minimum absolute atomic E-state index is 0.112. The lowest BCUT2D eigenvalue weighted by molar-refractivity contribution is -0.116. The second kappa shape index (κ2) is 11.6. The predicted molar refractivity (Wildman–Crippen MR) is 134 cm³/mol. The van der Waals surface area contributed by atoms with Gasteiger partial charge in [-0.2, -0.15) is 0 Å². The van der Waals surface area contributed by atoms with E-state index in [1.165, 1.54) is 11.8 Å². The molecule has 0 saturated carbocycles. The summed E-state index contributed by atoms with van der Waals surface area (Å²) >= 11 is 7.30. The van der Waals surface area contributed by atoms with Crippen LogP contribution >= 0.6 is 23.4 Å². The van der Waals surface area contributed by atoms with E-state index >= 15 is 0 Å². The number of benzene rings is 3. The number of hydrogen-bond donors (Lipinski definition) is 2. The van der Waals surface area contributed by atoms with Gasteiger partial charge in [0.05, 0.1) is 25.9 Å². The average Bonchev–Trinajstić information content (AvgIpc) is 2.81. The van der Waals surface area contributed by atoms with E-state index in [4.69, 9.17) is 21.1 Å². The van der Waals surface area contributed by atoms with Gasteiger partial charge >= 0.3 is 0 Å². The molecule has 0 aliphatic heterocycles. The Morgan fingerprint density at radius 3 is 2.06 bits per heavy atom. The quantitative estimate of drug-likeness (QED) is 0.383. The van der Waals surface area contributed by atoms with Crippen LogP contribution in [-0.2, 0) is 16.0 Å². The monoisotopic (exact) mass is 484 g/mol. The maximum atomic E-state index is 12.6. The third kappa shape index (κ3) is 7.44. The van der Waals surface area contributed by atoms with Crippen LogP contribution in [0.25, 0.3) is 0 Å². The summed E-state index contributed by atoms with van der Waals surface area (Å²) < 4.78 is 10.5. The summed E-state index contributed by atoms with van der Waals surface area (Å²) in [5.41, 5.74) is 2.18.